The van der Waals surface area contributed by atoms with Gasteiger partial charge in [-0.1, -0.05) is 20.8 Å². The minimum absolute atomic E-state index is 0.0745. The maximum Gasteiger partial charge on any atom is 0.228 e. The number of nitrogens with zero attached hydrogens (tertiary/aromatic N) is 5. The lowest BCUT2D eigenvalue weighted by molar-refractivity contribution is -0.138. The molecule has 0 aliphatic heterocycles. The van der Waals surface area contributed by atoms with Crippen LogP contribution in [0.1, 0.15) is 26.6 Å². The van der Waals surface area contributed by atoms with Gasteiger partial charge in [0, 0.05) is 19.5 Å². The number of amides is 1. The summed E-state index contributed by atoms with van der Waals surface area (Å²) in [6, 6.07) is 0. The van der Waals surface area contributed by atoms with Gasteiger partial charge in [-0.05, 0) is 10.4 Å². The van der Waals surface area contributed by atoms with Gasteiger partial charge < -0.3 is 4.90 Å². The average molecular weight is 211 g/mol. The van der Waals surface area contributed by atoms with E-state index >= 15 is 0 Å². The normalized spacial score (nSPS) is 11.5. The molecule has 0 unspecified atom stereocenters. The van der Waals surface area contributed by atoms with E-state index in [1.165, 1.54) is 0 Å². The van der Waals surface area contributed by atoms with E-state index < -0.39 is 0 Å². The van der Waals surface area contributed by atoms with E-state index in [1.807, 2.05) is 20.8 Å². The van der Waals surface area contributed by atoms with Crippen molar-refractivity contribution in [3.05, 3.63) is 5.82 Å². The molecule has 1 aromatic heterocycles. The van der Waals surface area contributed by atoms with E-state index in [2.05, 4.69) is 15.5 Å². The van der Waals surface area contributed by atoms with Crippen LogP contribution in [0.2, 0.25) is 0 Å². The molecule has 6 heteroatoms. The molecule has 1 amide bonds. The predicted molar refractivity (Wildman–Crippen MR) is 54.7 cm³/mol. The highest BCUT2D eigenvalue weighted by atomic mass is 16.2. The Morgan fingerprint density at radius 1 is 1.47 bits per heavy atom. The number of carbonyl (C=O) groups excluding carboxylic acids is 1. The van der Waals surface area contributed by atoms with Gasteiger partial charge in [0.1, 0.15) is 0 Å². The maximum absolute atomic E-state index is 11.9. The second-order valence-corrected chi connectivity index (χ2v) is 4.63. The van der Waals surface area contributed by atoms with Crippen LogP contribution in [0.15, 0.2) is 0 Å². The van der Waals surface area contributed by atoms with Crippen molar-refractivity contribution in [1.82, 2.24) is 25.1 Å². The minimum atomic E-state index is -0.374. The number of rotatable bonds is 2. The number of aryl methyl sites for hydroxylation is 1. The summed E-state index contributed by atoms with van der Waals surface area (Å²) in [5, 5.41) is 11.1. The van der Waals surface area contributed by atoms with Gasteiger partial charge in [-0.2, -0.15) is 0 Å². The van der Waals surface area contributed by atoms with E-state index in [0.29, 0.717) is 12.4 Å². The molecule has 1 heterocycles. The third-order valence-electron chi connectivity index (χ3n) is 2.07. The molecule has 0 aromatic carbocycles. The van der Waals surface area contributed by atoms with Crippen LogP contribution in [0.3, 0.4) is 0 Å². The van der Waals surface area contributed by atoms with E-state index in [-0.39, 0.29) is 11.3 Å². The van der Waals surface area contributed by atoms with Crippen molar-refractivity contribution in [3.8, 4) is 0 Å². The van der Waals surface area contributed by atoms with Crippen molar-refractivity contribution in [2.75, 3.05) is 7.05 Å². The quantitative estimate of drug-likeness (QED) is 0.701. The summed E-state index contributed by atoms with van der Waals surface area (Å²) < 4.78 is 1.56. The van der Waals surface area contributed by atoms with Gasteiger partial charge >= 0.3 is 0 Å². The Kier molecular flexibility index (Phi) is 3.06. The van der Waals surface area contributed by atoms with E-state index in [1.54, 1.807) is 23.7 Å². The van der Waals surface area contributed by atoms with Crippen LogP contribution in [0.4, 0.5) is 0 Å². The van der Waals surface area contributed by atoms with Crippen LogP contribution in [0.5, 0.6) is 0 Å². The molecule has 0 saturated heterocycles. The minimum Gasteiger partial charge on any atom is -0.338 e. The Balaban J connectivity index is 2.68. The number of tetrazole rings is 1. The summed E-state index contributed by atoms with van der Waals surface area (Å²) in [6.07, 6.45) is 0. The second kappa shape index (κ2) is 3.96. The fourth-order valence-electron chi connectivity index (χ4n) is 1.24. The van der Waals surface area contributed by atoms with Crippen LogP contribution in [-0.4, -0.2) is 38.1 Å². The maximum atomic E-state index is 11.9. The van der Waals surface area contributed by atoms with Crippen LogP contribution >= 0.6 is 0 Å². The van der Waals surface area contributed by atoms with Crippen molar-refractivity contribution in [3.63, 3.8) is 0 Å². The molecular weight excluding hydrogens is 194 g/mol. The summed E-state index contributed by atoms with van der Waals surface area (Å²) >= 11 is 0. The molecule has 15 heavy (non-hydrogen) atoms. The van der Waals surface area contributed by atoms with Gasteiger partial charge in [0.2, 0.25) is 5.91 Å². The molecule has 0 spiro atoms. The highest BCUT2D eigenvalue weighted by Crippen LogP contribution is 2.17. The van der Waals surface area contributed by atoms with Crippen molar-refractivity contribution in [1.29, 1.82) is 0 Å². The fraction of sp³-hybridized carbons (Fsp3) is 0.778. The SMILES string of the molecule is CN(Cc1nnnn1C)C(=O)C(C)(C)C. The van der Waals surface area contributed by atoms with Crippen molar-refractivity contribution < 1.29 is 4.79 Å². The zero-order valence-corrected chi connectivity index (χ0v) is 9.85. The van der Waals surface area contributed by atoms with Crippen LogP contribution in [0.25, 0.3) is 0 Å². The van der Waals surface area contributed by atoms with Crippen molar-refractivity contribution in [2.24, 2.45) is 12.5 Å². The highest BCUT2D eigenvalue weighted by molar-refractivity contribution is 5.81. The highest BCUT2D eigenvalue weighted by Gasteiger charge is 2.25. The molecule has 1 rings (SSSR count). The monoisotopic (exact) mass is 211 g/mol. The molecule has 0 saturated carbocycles. The van der Waals surface area contributed by atoms with Gasteiger partial charge in [-0.15, -0.1) is 5.10 Å². The molecule has 84 valence electrons. The lowest BCUT2D eigenvalue weighted by atomic mass is 9.95. The summed E-state index contributed by atoms with van der Waals surface area (Å²) in [7, 11) is 3.51. The summed E-state index contributed by atoms with van der Waals surface area (Å²) in [4.78, 5) is 13.5. The van der Waals surface area contributed by atoms with Gasteiger partial charge in [-0.3, -0.25) is 4.79 Å². The first-order valence-electron chi connectivity index (χ1n) is 4.79. The molecule has 0 aliphatic carbocycles. The number of hydrogen-bond donors (Lipinski definition) is 0. The summed E-state index contributed by atoms with van der Waals surface area (Å²) in [5.41, 5.74) is -0.374. The van der Waals surface area contributed by atoms with E-state index in [0.717, 1.165) is 0 Å². The van der Waals surface area contributed by atoms with Gasteiger partial charge in [-0.25, -0.2) is 4.68 Å². The fourth-order valence-corrected chi connectivity index (χ4v) is 1.24. The molecular formula is C9H17N5O. The molecule has 0 N–H and O–H groups in total. The van der Waals surface area contributed by atoms with E-state index in [4.69, 9.17) is 0 Å². The first-order valence-corrected chi connectivity index (χ1v) is 4.79. The largest absolute Gasteiger partial charge is 0.338 e. The Labute approximate surface area is 89.3 Å². The third-order valence-corrected chi connectivity index (χ3v) is 2.07. The Morgan fingerprint density at radius 3 is 2.47 bits per heavy atom. The summed E-state index contributed by atoms with van der Waals surface area (Å²) in [6.45, 7) is 6.10. The molecule has 0 fully saturated rings. The van der Waals surface area contributed by atoms with E-state index in [9.17, 15) is 4.79 Å². The second-order valence-electron chi connectivity index (χ2n) is 4.63. The predicted octanol–water partition coefficient (Wildman–Crippen LogP) is 0.215. The first-order chi connectivity index (χ1) is 6.82. The Morgan fingerprint density at radius 2 is 2.07 bits per heavy atom. The van der Waals surface area contributed by atoms with Gasteiger partial charge in [0.15, 0.2) is 5.82 Å². The smallest absolute Gasteiger partial charge is 0.228 e. The molecule has 0 atom stereocenters. The zero-order chi connectivity index (χ0) is 11.6. The molecule has 0 bridgehead atoms. The summed E-state index contributed by atoms with van der Waals surface area (Å²) in [5.74, 6) is 0.751. The van der Waals surface area contributed by atoms with Crippen LogP contribution in [0, 0.1) is 5.41 Å². The van der Waals surface area contributed by atoms with Crippen LogP contribution < -0.4 is 0 Å². The molecule has 0 radical (unpaired) electrons. The van der Waals surface area contributed by atoms with Crippen LogP contribution in [-0.2, 0) is 18.4 Å². The topological polar surface area (TPSA) is 63.9 Å². The number of aromatic nitrogens is 4. The van der Waals surface area contributed by atoms with Crippen molar-refractivity contribution in [2.45, 2.75) is 27.3 Å². The Hall–Kier alpha value is -1.46. The standard InChI is InChI=1S/C9H17N5O/c1-9(2,3)8(15)13(4)6-7-10-11-12-14(7)5/h6H2,1-5H3. The molecule has 0 aliphatic rings. The number of carbonyl (C=O) groups is 1. The van der Waals surface area contributed by atoms with Crippen molar-refractivity contribution >= 4 is 5.91 Å². The molecule has 1 aromatic rings. The molecule has 6 nitrogen and oxygen atoms in total. The Bertz CT molecular complexity index is 352. The van der Waals surface area contributed by atoms with Gasteiger partial charge in [0.25, 0.3) is 0 Å². The first kappa shape index (κ1) is 11.6. The average Bonchev–Trinajstić information content (AvgIpc) is 2.49. The van der Waals surface area contributed by atoms with Gasteiger partial charge in [0.05, 0.1) is 6.54 Å². The lowest BCUT2D eigenvalue weighted by Crippen LogP contribution is -2.36. The number of hydrogen-bond acceptors (Lipinski definition) is 4. The third kappa shape index (κ3) is 2.74. The zero-order valence-electron chi connectivity index (χ0n) is 9.85. The lowest BCUT2D eigenvalue weighted by Gasteiger charge is -2.25.